The maximum atomic E-state index is 13.3. The topological polar surface area (TPSA) is 66.4 Å². The van der Waals surface area contributed by atoms with Gasteiger partial charge in [-0.3, -0.25) is 9.59 Å². The fourth-order valence-corrected chi connectivity index (χ4v) is 2.15. The summed E-state index contributed by atoms with van der Waals surface area (Å²) in [6, 6.07) is 6.30. The summed E-state index contributed by atoms with van der Waals surface area (Å²) < 4.78 is 13.3. The van der Waals surface area contributed by atoms with E-state index < -0.39 is 5.97 Å². The molecule has 0 fully saturated rings. The molecule has 0 saturated heterocycles. The van der Waals surface area contributed by atoms with Gasteiger partial charge < -0.3 is 10.4 Å². The SMILES string of the molecule is O=C(O)CCCCNC(=O)CSc1ccccc1F. The molecular weight excluding hydrogens is 269 g/mol. The van der Waals surface area contributed by atoms with Crippen LogP contribution in [0.4, 0.5) is 4.39 Å². The van der Waals surface area contributed by atoms with Crippen LogP contribution in [0.1, 0.15) is 19.3 Å². The van der Waals surface area contributed by atoms with Gasteiger partial charge in [0.15, 0.2) is 0 Å². The third-order valence-corrected chi connectivity index (χ3v) is 3.38. The van der Waals surface area contributed by atoms with Gasteiger partial charge in [0.05, 0.1) is 5.75 Å². The third-order valence-electron chi connectivity index (χ3n) is 2.34. The van der Waals surface area contributed by atoms with Crippen molar-refractivity contribution in [3.05, 3.63) is 30.1 Å². The largest absolute Gasteiger partial charge is 0.481 e. The summed E-state index contributed by atoms with van der Waals surface area (Å²) in [5, 5.41) is 11.1. The molecule has 0 heterocycles. The Balaban J connectivity index is 2.15. The molecule has 2 N–H and O–H groups in total. The van der Waals surface area contributed by atoms with E-state index in [2.05, 4.69) is 5.32 Å². The number of carbonyl (C=O) groups is 2. The first-order valence-corrected chi connectivity index (χ1v) is 6.94. The van der Waals surface area contributed by atoms with Gasteiger partial charge in [0, 0.05) is 17.9 Å². The maximum Gasteiger partial charge on any atom is 0.303 e. The first-order valence-electron chi connectivity index (χ1n) is 5.95. The molecule has 0 saturated carbocycles. The van der Waals surface area contributed by atoms with Crippen LogP contribution in [-0.2, 0) is 9.59 Å². The van der Waals surface area contributed by atoms with Crippen molar-refractivity contribution in [2.45, 2.75) is 24.2 Å². The highest BCUT2D eigenvalue weighted by atomic mass is 32.2. The number of unbranched alkanes of at least 4 members (excludes halogenated alkanes) is 1. The molecule has 0 aliphatic heterocycles. The molecule has 0 spiro atoms. The van der Waals surface area contributed by atoms with Crippen LogP contribution < -0.4 is 5.32 Å². The summed E-state index contributed by atoms with van der Waals surface area (Å²) in [6.07, 6.45) is 1.28. The van der Waals surface area contributed by atoms with E-state index in [9.17, 15) is 14.0 Å². The number of amides is 1. The summed E-state index contributed by atoms with van der Waals surface area (Å²) in [5.41, 5.74) is 0. The minimum atomic E-state index is -0.832. The van der Waals surface area contributed by atoms with E-state index in [1.807, 2.05) is 0 Å². The fourth-order valence-electron chi connectivity index (χ4n) is 1.39. The van der Waals surface area contributed by atoms with E-state index in [-0.39, 0.29) is 23.9 Å². The molecule has 6 heteroatoms. The van der Waals surface area contributed by atoms with E-state index in [1.54, 1.807) is 18.2 Å². The van der Waals surface area contributed by atoms with Crippen molar-refractivity contribution in [1.82, 2.24) is 5.32 Å². The molecule has 0 aliphatic carbocycles. The van der Waals surface area contributed by atoms with Crippen LogP contribution in [0.3, 0.4) is 0 Å². The lowest BCUT2D eigenvalue weighted by atomic mass is 10.2. The molecule has 1 aromatic rings. The molecule has 1 aromatic carbocycles. The second-order valence-electron chi connectivity index (χ2n) is 3.92. The Morgan fingerprint density at radius 3 is 2.68 bits per heavy atom. The second-order valence-corrected chi connectivity index (χ2v) is 4.94. The van der Waals surface area contributed by atoms with Gasteiger partial charge in [0.25, 0.3) is 0 Å². The Morgan fingerprint density at radius 2 is 2.00 bits per heavy atom. The van der Waals surface area contributed by atoms with Crippen molar-refractivity contribution in [2.75, 3.05) is 12.3 Å². The minimum absolute atomic E-state index is 0.111. The summed E-state index contributed by atoms with van der Waals surface area (Å²) in [7, 11) is 0. The average Bonchev–Trinajstić information content (AvgIpc) is 2.37. The molecule has 0 unspecified atom stereocenters. The molecule has 19 heavy (non-hydrogen) atoms. The Kier molecular flexibility index (Phi) is 6.95. The Hall–Kier alpha value is -1.56. The number of thioether (sulfide) groups is 1. The van der Waals surface area contributed by atoms with Crippen molar-refractivity contribution in [3.63, 3.8) is 0 Å². The maximum absolute atomic E-state index is 13.3. The lowest BCUT2D eigenvalue weighted by Gasteiger charge is -2.05. The highest BCUT2D eigenvalue weighted by Crippen LogP contribution is 2.20. The Labute approximate surface area is 115 Å². The van der Waals surface area contributed by atoms with E-state index >= 15 is 0 Å². The first kappa shape index (κ1) is 15.5. The molecule has 0 aliphatic rings. The number of benzene rings is 1. The standard InChI is InChI=1S/C13H16FNO3S/c14-10-5-1-2-6-11(10)19-9-12(16)15-8-4-3-7-13(17)18/h1-2,5-6H,3-4,7-9H2,(H,15,16)(H,17,18). The zero-order chi connectivity index (χ0) is 14.1. The van der Waals surface area contributed by atoms with Crippen molar-refractivity contribution < 1.29 is 19.1 Å². The molecule has 4 nitrogen and oxygen atoms in total. The molecule has 104 valence electrons. The Morgan fingerprint density at radius 1 is 1.26 bits per heavy atom. The zero-order valence-electron chi connectivity index (χ0n) is 10.4. The zero-order valence-corrected chi connectivity index (χ0v) is 11.2. The van der Waals surface area contributed by atoms with E-state index in [1.165, 1.54) is 6.07 Å². The number of aliphatic carboxylic acids is 1. The van der Waals surface area contributed by atoms with Crippen molar-refractivity contribution in [2.24, 2.45) is 0 Å². The number of nitrogens with one attached hydrogen (secondary N) is 1. The van der Waals surface area contributed by atoms with Gasteiger partial charge >= 0.3 is 5.97 Å². The molecule has 1 rings (SSSR count). The van der Waals surface area contributed by atoms with Gasteiger partial charge in [0.2, 0.25) is 5.91 Å². The van der Waals surface area contributed by atoms with Crippen LogP contribution in [0, 0.1) is 5.82 Å². The fraction of sp³-hybridized carbons (Fsp3) is 0.385. The van der Waals surface area contributed by atoms with E-state index in [4.69, 9.17) is 5.11 Å². The number of hydrogen-bond acceptors (Lipinski definition) is 3. The normalized spacial score (nSPS) is 10.2. The lowest BCUT2D eigenvalue weighted by Crippen LogP contribution is -2.26. The van der Waals surface area contributed by atoms with Crippen LogP contribution in [0.25, 0.3) is 0 Å². The molecular formula is C13H16FNO3S. The highest BCUT2D eigenvalue weighted by Gasteiger charge is 2.05. The van der Waals surface area contributed by atoms with Crippen LogP contribution in [0.15, 0.2) is 29.2 Å². The van der Waals surface area contributed by atoms with Crippen LogP contribution in [0.2, 0.25) is 0 Å². The van der Waals surface area contributed by atoms with Crippen LogP contribution in [0.5, 0.6) is 0 Å². The van der Waals surface area contributed by atoms with E-state index in [0.717, 1.165) is 11.8 Å². The van der Waals surface area contributed by atoms with Gasteiger partial charge in [-0.25, -0.2) is 4.39 Å². The van der Waals surface area contributed by atoms with E-state index in [0.29, 0.717) is 24.3 Å². The highest BCUT2D eigenvalue weighted by molar-refractivity contribution is 8.00. The lowest BCUT2D eigenvalue weighted by molar-refractivity contribution is -0.137. The summed E-state index contributed by atoms with van der Waals surface area (Å²) in [5.74, 6) is -1.19. The smallest absolute Gasteiger partial charge is 0.303 e. The number of carbonyl (C=O) groups excluding carboxylic acids is 1. The van der Waals surface area contributed by atoms with Crippen molar-refractivity contribution in [3.8, 4) is 0 Å². The summed E-state index contributed by atoms with van der Waals surface area (Å²) >= 11 is 1.14. The predicted molar refractivity (Wildman–Crippen MR) is 71.6 cm³/mol. The monoisotopic (exact) mass is 285 g/mol. The van der Waals surface area contributed by atoms with Gasteiger partial charge in [-0.05, 0) is 25.0 Å². The number of rotatable bonds is 8. The Bertz CT molecular complexity index is 440. The number of carboxylic acid groups (broad SMARTS) is 1. The molecule has 1 amide bonds. The summed E-state index contributed by atoms with van der Waals surface area (Å²) in [4.78, 5) is 22.2. The summed E-state index contributed by atoms with van der Waals surface area (Å²) in [6.45, 7) is 0.448. The number of halogens is 1. The third kappa shape index (κ3) is 6.81. The van der Waals surface area contributed by atoms with Crippen LogP contribution >= 0.6 is 11.8 Å². The minimum Gasteiger partial charge on any atom is -0.481 e. The van der Waals surface area contributed by atoms with Gasteiger partial charge in [-0.2, -0.15) is 0 Å². The average molecular weight is 285 g/mol. The molecule has 0 atom stereocenters. The van der Waals surface area contributed by atoms with Crippen molar-refractivity contribution >= 4 is 23.6 Å². The predicted octanol–water partition coefficient (Wildman–Crippen LogP) is 2.29. The molecule has 0 radical (unpaired) electrons. The quantitative estimate of drug-likeness (QED) is 0.568. The first-order chi connectivity index (χ1) is 9.09. The van der Waals surface area contributed by atoms with Gasteiger partial charge in [-0.15, -0.1) is 11.8 Å². The number of hydrogen-bond donors (Lipinski definition) is 2. The second kappa shape index (κ2) is 8.53. The number of carboxylic acids is 1. The van der Waals surface area contributed by atoms with Crippen LogP contribution in [-0.4, -0.2) is 29.3 Å². The van der Waals surface area contributed by atoms with Gasteiger partial charge in [0.1, 0.15) is 5.82 Å². The van der Waals surface area contributed by atoms with Crippen molar-refractivity contribution in [1.29, 1.82) is 0 Å². The molecule has 0 aromatic heterocycles. The van der Waals surface area contributed by atoms with Gasteiger partial charge in [-0.1, -0.05) is 12.1 Å². The molecule has 0 bridgehead atoms.